The number of hydrazone groups is 1. The number of methoxy groups -OCH3 is 2. The van der Waals surface area contributed by atoms with Crippen LogP contribution in [0, 0.1) is 0 Å². The summed E-state index contributed by atoms with van der Waals surface area (Å²) in [6, 6.07) is 22.4. The Labute approximate surface area is 243 Å². The number of sulfonamides is 1. The molecule has 3 aromatic carbocycles. The number of carbonyl (C=O) groups excluding carboxylic acids is 2. The van der Waals surface area contributed by atoms with Crippen molar-refractivity contribution in [2.75, 3.05) is 31.7 Å². The molecule has 0 saturated carbocycles. The number of furan rings is 1. The van der Waals surface area contributed by atoms with Crippen LogP contribution in [0.25, 0.3) is 11.3 Å². The average Bonchev–Trinajstić information content (AvgIpc) is 3.49. The monoisotopic (exact) mass is 591 g/mol. The molecule has 0 atom stereocenters. The van der Waals surface area contributed by atoms with Gasteiger partial charge in [-0.1, -0.05) is 30.3 Å². The molecule has 1 N–H and O–H groups in total. The summed E-state index contributed by atoms with van der Waals surface area (Å²) in [4.78, 5) is 24.7. The first-order valence-corrected chi connectivity index (χ1v) is 14.2. The zero-order chi connectivity index (χ0) is 30.1. The van der Waals surface area contributed by atoms with Crippen molar-refractivity contribution < 1.29 is 36.6 Å². The van der Waals surface area contributed by atoms with Gasteiger partial charge in [-0.3, -0.25) is 9.10 Å². The quantitative estimate of drug-likeness (QED) is 0.145. The van der Waals surface area contributed by atoms with Crippen molar-refractivity contribution in [2.24, 2.45) is 5.10 Å². The van der Waals surface area contributed by atoms with Gasteiger partial charge in [0.1, 0.15) is 18.1 Å². The molecule has 1 amide bonds. The Morgan fingerprint density at radius 2 is 1.64 bits per heavy atom. The van der Waals surface area contributed by atoms with E-state index in [0.29, 0.717) is 28.6 Å². The third-order valence-electron chi connectivity index (χ3n) is 5.96. The minimum absolute atomic E-state index is 0.00879. The van der Waals surface area contributed by atoms with E-state index >= 15 is 0 Å². The van der Waals surface area contributed by atoms with Crippen molar-refractivity contribution in [3.63, 3.8) is 0 Å². The maximum absolute atomic E-state index is 13.5. The number of hydrogen-bond acceptors (Lipinski definition) is 9. The maximum Gasteiger partial charge on any atom is 0.338 e. The van der Waals surface area contributed by atoms with Crippen LogP contribution in [-0.2, 0) is 19.6 Å². The van der Waals surface area contributed by atoms with Gasteiger partial charge in [0.25, 0.3) is 15.9 Å². The molecule has 11 nitrogen and oxygen atoms in total. The summed E-state index contributed by atoms with van der Waals surface area (Å²) in [6.07, 6.45) is 1.29. The molecule has 0 aliphatic heterocycles. The molecule has 0 fully saturated rings. The highest BCUT2D eigenvalue weighted by atomic mass is 32.2. The molecule has 0 unspecified atom stereocenters. The molecule has 1 heterocycles. The summed E-state index contributed by atoms with van der Waals surface area (Å²) in [5.41, 5.74) is 3.69. The second-order valence-corrected chi connectivity index (χ2v) is 10.5. The smallest absolute Gasteiger partial charge is 0.338 e. The SMILES string of the molecule is CCOC(=O)c1ccc(-c2ccc(/C=N\NC(=O)CN(c3ccc(OC)c(OC)c3)S(=O)(=O)c3ccccc3)o2)cc1. The van der Waals surface area contributed by atoms with Gasteiger partial charge in [-0.25, -0.2) is 18.6 Å². The van der Waals surface area contributed by atoms with Gasteiger partial charge in [-0.05, 0) is 55.5 Å². The summed E-state index contributed by atoms with van der Waals surface area (Å²) in [5.74, 6) is 0.460. The Balaban J connectivity index is 1.49. The fourth-order valence-electron chi connectivity index (χ4n) is 3.91. The lowest BCUT2D eigenvalue weighted by molar-refractivity contribution is -0.119. The molecule has 12 heteroatoms. The number of carbonyl (C=O) groups is 2. The Morgan fingerprint density at radius 3 is 2.31 bits per heavy atom. The third-order valence-corrected chi connectivity index (χ3v) is 7.75. The zero-order valence-electron chi connectivity index (χ0n) is 23.1. The molecule has 218 valence electrons. The van der Waals surface area contributed by atoms with Gasteiger partial charge in [0.2, 0.25) is 0 Å². The standard InChI is InChI=1S/C30H29N3O8S/c1-4-40-30(35)22-12-10-21(11-13-22)26-17-15-24(41-26)19-31-32-29(34)20-33(42(36,37)25-8-6-5-7-9-25)23-14-16-27(38-2)28(18-23)39-3/h5-19H,4,20H2,1-3H3,(H,32,34)/b31-19-. The first kappa shape index (κ1) is 29.9. The fourth-order valence-corrected chi connectivity index (χ4v) is 5.34. The lowest BCUT2D eigenvalue weighted by Gasteiger charge is -2.24. The van der Waals surface area contributed by atoms with Crippen molar-refractivity contribution >= 4 is 33.8 Å². The number of nitrogens with zero attached hydrogens (tertiary/aromatic N) is 2. The second kappa shape index (κ2) is 13.5. The molecule has 0 aliphatic rings. The van der Waals surface area contributed by atoms with Crippen LogP contribution >= 0.6 is 0 Å². The molecular formula is C30H29N3O8S. The van der Waals surface area contributed by atoms with Crippen LogP contribution in [-0.4, -0.2) is 53.9 Å². The van der Waals surface area contributed by atoms with E-state index in [1.807, 2.05) is 0 Å². The van der Waals surface area contributed by atoms with Crippen molar-refractivity contribution in [2.45, 2.75) is 11.8 Å². The average molecular weight is 592 g/mol. The summed E-state index contributed by atoms with van der Waals surface area (Å²) < 4.78 is 49.4. The maximum atomic E-state index is 13.5. The molecule has 0 bridgehead atoms. The summed E-state index contributed by atoms with van der Waals surface area (Å²) >= 11 is 0. The molecule has 0 aliphatic carbocycles. The fraction of sp³-hybridized carbons (Fsp3) is 0.167. The Bertz CT molecular complexity index is 1670. The number of benzene rings is 3. The predicted octanol–water partition coefficient (Wildman–Crippen LogP) is 4.49. The van der Waals surface area contributed by atoms with Gasteiger partial charge in [0.15, 0.2) is 11.5 Å². The molecule has 0 saturated heterocycles. The van der Waals surface area contributed by atoms with E-state index < -0.39 is 28.4 Å². The van der Waals surface area contributed by atoms with Gasteiger partial charge in [-0.15, -0.1) is 0 Å². The minimum Gasteiger partial charge on any atom is -0.493 e. The largest absolute Gasteiger partial charge is 0.493 e. The van der Waals surface area contributed by atoms with Gasteiger partial charge in [0.05, 0.1) is 43.2 Å². The van der Waals surface area contributed by atoms with Crippen LogP contribution in [0.15, 0.2) is 99.3 Å². The Hall–Kier alpha value is -5.10. The molecule has 4 rings (SSSR count). The topological polar surface area (TPSA) is 137 Å². The number of rotatable bonds is 12. The second-order valence-electron chi connectivity index (χ2n) is 8.66. The molecule has 0 radical (unpaired) electrons. The van der Waals surface area contributed by atoms with Gasteiger partial charge in [-0.2, -0.15) is 5.10 Å². The van der Waals surface area contributed by atoms with Gasteiger partial charge < -0.3 is 18.6 Å². The molecule has 42 heavy (non-hydrogen) atoms. The minimum atomic E-state index is -4.13. The normalized spacial score (nSPS) is 11.2. The van der Waals surface area contributed by atoms with E-state index in [1.54, 1.807) is 67.6 Å². The summed E-state index contributed by atoms with van der Waals surface area (Å²) in [5, 5.41) is 3.92. The van der Waals surface area contributed by atoms with Crippen molar-refractivity contribution in [1.82, 2.24) is 5.43 Å². The predicted molar refractivity (Wildman–Crippen MR) is 156 cm³/mol. The summed E-state index contributed by atoms with van der Waals surface area (Å²) in [6.45, 7) is 1.46. The lowest BCUT2D eigenvalue weighted by Crippen LogP contribution is -2.39. The van der Waals surface area contributed by atoms with E-state index in [9.17, 15) is 18.0 Å². The van der Waals surface area contributed by atoms with E-state index in [1.165, 1.54) is 44.7 Å². The van der Waals surface area contributed by atoms with E-state index in [0.717, 1.165) is 9.87 Å². The van der Waals surface area contributed by atoms with Crippen LogP contribution in [0.2, 0.25) is 0 Å². The van der Waals surface area contributed by atoms with E-state index in [2.05, 4.69) is 10.5 Å². The molecule has 4 aromatic rings. The van der Waals surface area contributed by atoms with Gasteiger partial charge >= 0.3 is 5.97 Å². The first-order chi connectivity index (χ1) is 20.3. The highest BCUT2D eigenvalue weighted by Crippen LogP contribution is 2.33. The number of ether oxygens (including phenoxy) is 3. The molecule has 0 spiro atoms. The molecular weight excluding hydrogens is 562 g/mol. The number of hydrogen-bond donors (Lipinski definition) is 1. The Morgan fingerprint density at radius 1 is 0.929 bits per heavy atom. The van der Waals surface area contributed by atoms with E-state index in [-0.39, 0.29) is 17.2 Å². The number of amides is 1. The number of esters is 1. The van der Waals surface area contributed by atoms with Gasteiger partial charge in [0, 0.05) is 11.6 Å². The third kappa shape index (κ3) is 6.96. The van der Waals surface area contributed by atoms with Crippen LogP contribution in [0.5, 0.6) is 11.5 Å². The zero-order valence-corrected chi connectivity index (χ0v) is 24.0. The number of anilines is 1. The van der Waals surface area contributed by atoms with Crippen molar-refractivity contribution in [1.29, 1.82) is 0 Å². The van der Waals surface area contributed by atoms with Crippen LogP contribution < -0.4 is 19.2 Å². The number of nitrogens with one attached hydrogen (secondary N) is 1. The van der Waals surface area contributed by atoms with Crippen LogP contribution in [0.3, 0.4) is 0 Å². The highest BCUT2D eigenvalue weighted by Gasteiger charge is 2.28. The van der Waals surface area contributed by atoms with Crippen molar-refractivity contribution in [3.8, 4) is 22.8 Å². The first-order valence-electron chi connectivity index (χ1n) is 12.8. The van der Waals surface area contributed by atoms with Crippen LogP contribution in [0.4, 0.5) is 5.69 Å². The summed E-state index contributed by atoms with van der Waals surface area (Å²) in [7, 11) is -1.24. The van der Waals surface area contributed by atoms with Crippen molar-refractivity contribution in [3.05, 3.63) is 96.3 Å². The lowest BCUT2D eigenvalue weighted by atomic mass is 10.1. The van der Waals surface area contributed by atoms with E-state index in [4.69, 9.17) is 18.6 Å². The van der Waals surface area contributed by atoms with Crippen LogP contribution in [0.1, 0.15) is 23.0 Å². The Kier molecular flexibility index (Phi) is 9.61. The highest BCUT2D eigenvalue weighted by molar-refractivity contribution is 7.92. The molecule has 1 aromatic heterocycles.